The van der Waals surface area contributed by atoms with E-state index < -0.39 is 5.60 Å². The second-order valence-corrected chi connectivity index (χ2v) is 8.37. The summed E-state index contributed by atoms with van der Waals surface area (Å²) in [5.41, 5.74) is 0.571. The van der Waals surface area contributed by atoms with Crippen LogP contribution in [-0.2, 0) is 5.60 Å². The highest BCUT2D eigenvalue weighted by Gasteiger charge is 2.38. The van der Waals surface area contributed by atoms with Gasteiger partial charge in [-0.25, -0.2) is 4.79 Å². The zero-order valence-corrected chi connectivity index (χ0v) is 16.4. The number of rotatable bonds is 2. The standard InChI is InChI=1S/C22H27N3O3/c1-21(2)14-18(17-7-3-4-8-19(17)28-21)24-20(26)25-12-9-22(27,10-13-25)16-6-5-11-23-15-16/h3-8,11,15,18,27H,9-10,12-14H2,1-2H3,(H,24,26)/t18-/m1/s1. The van der Waals surface area contributed by atoms with Crippen molar-refractivity contribution in [3.63, 3.8) is 0 Å². The Bertz CT molecular complexity index is 845. The summed E-state index contributed by atoms with van der Waals surface area (Å²) in [6, 6.07) is 11.4. The molecule has 28 heavy (non-hydrogen) atoms. The van der Waals surface area contributed by atoms with Crippen LogP contribution in [0.2, 0.25) is 0 Å². The summed E-state index contributed by atoms with van der Waals surface area (Å²) in [6.07, 6.45) is 5.12. The maximum absolute atomic E-state index is 12.9. The summed E-state index contributed by atoms with van der Waals surface area (Å²) in [6.45, 7) is 5.09. The Morgan fingerprint density at radius 3 is 2.68 bits per heavy atom. The lowest BCUT2D eigenvalue weighted by Crippen LogP contribution is -2.51. The average Bonchev–Trinajstić information content (AvgIpc) is 2.68. The highest BCUT2D eigenvalue weighted by Crippen LogP contribution is 2.39. The molecule has 148 valence electrons. The molecule has 0 saturated carbocycles. The van der Waals surface area contributed by atoms with Crippen LogP contribution in [0, 0.1) is 0 Å². The maximum Gasteiger partial charge on any atom is 0.317 e. The fourth-order valence-electron chi connectivity index (χ4n) is 4.18. The van der Waals surface area contributed by atoms with Gasteiger partial charge in [-0.1, -0.05) is 24.3 Å². The highest BCUT2D eigenvalue weighted by atomic mass is 16.5. The molecular formula is C22H27N3O3. The van der Waals surface area contributed by atoms with E-state index in [1.54, 1.807) is 17.3 Å². The molecule has 1 fully saturated rings. The minimum absolute atomic E-state index is 0.0911. The van der Waals surface area contributed by atoms with Crippen LogP contribution in [0.1, 0.15) is 50.3 Å². The molecule has 1 aromatic heterocycles. The van der Waals surface area contributed by atoms with E-state index >= 15 is 0 Å². The molecule has 1 atom stereocenters. The zero-order chi connectivity index (χ0) is 19.8. The molecule has 0 bridgehead atoms. The van der Waals surface area contributed by atoms with E-state index in [4.69, 9.17) is 4.74 Å². The first kappa shape index (κ1) is 18.7. The number of nitrogens with zero attached hydrogens (tertiary/aromatic N) is 2. The van der Waals surface area contributed by atoms with E-state index in [-0.39, 0.29) is 17.7 Å². The maximum atomic E-state index is 12.9. The van der Waals surface area contributed by atoms with E-state index in [0.717, 1.165) is 16.9 Å². The Balaban J connectivity index is 1.43. The summed E-state index contributed by atoms with van der Waals surface area (Å²) < 4.78 is 6.05. The molecule has 3 heterocycles. The number of likely N-dealkylation sites (tertiary alicyclic amines) is 1. The van der Waals surface area contributed by atoms with Gasteiger partial charge in [-0.3, -0.25) is 4.98 Å². The molecule has 1 saturated heterocycles. The van der Waals surface area contributed by atoms with E-state index in [9.17, 15) is 9.90 Å². The van der Waals surface area contributed by atoms with Gasteiger partial charge in [-0.2, -0.15) is 0 Å². The summed E-state index contributed by atoms with van der Waals surface area (Å²) in [4.78, 5) is 18.8. The number of ether oxygens (including phenoxy) is 1. The largest absolute Gasteiger partial charge is 0.487 e. The number of carbonyl (C=O) groups excluding carboxylic acids is 1. The van der Waals surface area contributed by atoms with Crippen LogP contribution in [0.5, 0.6) is 5.75 Å². The molecule has 1 aromatic carbocycles. The molecule has 2 aromatic rings. The first-order valence-electron chi connectivity index (χ1n) is 9.83. The SMILES string of the molecule is CC1(C)C[C@@H](NC(=O)N2CCC(O)(c3cccnc3)CC2)c2ccccc2O1. The van der Waals surface area contributed by atoms with Gasteiger partial charge in [0.2, 0.25) is 0 Å². The fraction of sp³-hybridized carbons (Fsp3) is 0.455. The Hall–Kier alpha value is -2.60. The summed E-state index contributed by atoms with van der Waals surface area (Å²) >= 11 is 0. The van der Waals surface area contributed by atoms with Gasteiger partial charge in [-0.05, 0) is 38.8 Å². The molecule has 2 N–H and O–H groups in total. The summed E-state index contributed by atoms with van der Waals surface area (Å²) in [7, 11) is 0. The van der Waals surface area contributed by atoms with Crippen molar-refractivity contribution < 1.29 is 14.6 Å². The minimum atomic E-state index is -0.918. The van der Waals surface area contributed by atoms with Gasteiger partial charge >= 0.3 is 6.03 Å². The fourth-order valence-corrected chi connectivity index (χ4v) is 4.18. The number of aromatic nitrogens is 1. The molecule has 0 unspecified atom stereocenters. The number of nitrogens with one attached hydrogen (secondary N) is 1. The third kappa shape index (κ3) is 3.69. The number of hydrogen-bond acceptors (Lipinski definition) is 4. The van der Waals surface area contributed by atoms with E-state index in [1.165, 1.54) is 0 Å². The lowest BCUT2D eigenvalue weighted by atomic mass is 9.85. The Morgan fingerprint density at radius 2 is 1.96 bits per heavy atom. The third-order valence-corrected chi connectivity index (χ3v) is 5.75. The number of piperidine rings is 1. The van der Waals surface area contributed by atoms with E-state index in [1.807, 2.05) is 50.2 Å². The summed E-state index contributed by atoms with van der Waals surface area (Å²) in [5, 5.41) is 14.1. The number of urea groups is 1. The average molecular weight is 381 g/mol. The van der Waals surface area contributed by atoms with Crippen molar-refractivity contribution in [1.29, 1.82) is 0 Å². The van der Waals surface area contributed by atoms with Crippen molar-refractivity contribution in [3.05, 3.63) is 59.9 Å². The van der Waals surface area contributed by atoms with Crippen molar-refractivity contribution in [2.75, 3.05) is 13.1 Å². The second-order valence-electron chi connectivity index (χ2n) is 8.37. The number of hydrogen-bond donors (Lipinski definition) is 2. The van der Waals surface area contributed by atoms with Gasteiger partial charge in [0.1, 0.15) is 11.4 Å². The molecule has 0 aliphatic carbocycles. The van der Waals surface area contributed by atoms with Gasteiger partial charge < -0.3 is 20.1 Å². The molecule has 0 spiro atoms. The lowest BCUT2D eigenvalue weighted by Gasteiger charge is -2.41. The van der Waals surface area contributed by atoms with Gasteiger partial charge in [0.25, 0.3) is 0 Å². The normalized spacial score (nSPS) is 22.7. The lowest BCUT2D eigenvalue weighted by molar-refractivity contribution is -0.0176. The molecule has 6 heteroatoms. The monoisotopic (exact) mass is 381 g/mol. The van der Waals surface area contributed by atoms with Crippen LogP contribution in [-0.4, -0.2) is 39.7 Å². The van der Waals surface area contributed by atoms with Crippen LogP contribution >= 0.6 is 0 Å². The van der Waals surface area contributed by atoms with Crippen molar-refractivity contribution in [3.8, 4) is 5.75 Å². The smallest absolute Gasteiger partial charge is 0.317 e. The third-order valence-electron chi connectivity index (χ3n) is 5.75. The predicted molar refractivity (Wildman–Crippen MR) is 106 cm³/mol. The van der Waals surface area contributed by atoms with Gasteiger partial charge in [0, 0.05) is 43.0 Å². The van der Waals surface area contributed by atoms with Gasteiger partial charge in [0.15, 0.2) is 0 Å². The van der Waals surface area contributed by atoms with Crippen LogP contribution < -0.4 is 10.1 Å². The number of para-hydroxylation sites is 1. The predicted octanol–water partition coefficient (Wildman–Crippen LogP) is 3.38. The molecule has 4 rings (SSSR count). The Morgan fingerprint density at radius 1 is 1.21 bits per heavy atom. The minimum Gasteiger partial charge on any atom is -0.487 e. The first-order chi connectivity index (χ1) is 13.4. The van der Waals surface area contributed by atoms with Crippen molar-refractivity contribution in [2.45, 2.75) is 50.4 Å². The Labute approximate surface area is 165 Å². The van der Waals surface area contributed by atoms with Crippen LogP contribution in [0.15, 0.2) is 48.8 Å². The van der Waals surface area contributed by atoms with E-state index in [2.05, 4.69) is 10.3 Å². The van der Waals surface area contributed by atoms with E-state index in [0.29, 0.717) is 32.4 Å². The highest BCUT2D eigenvalue weighted by molar-refractivity contribution is 5.75. The number of amides is 2. The first-order valence-corrected chi connectivity index (χ1v) is 9.83. The number of fused-ring (bicyclic) bond motifs is 1. The second kappa shape index (κ2) is 7.09. The van der Waals surface area contributed by atoms with Crippen molar-refractivity contribution in [2.24, 2.45) is 0 Å². The zero-order valence-electron chi connectivity index (χ0n) is 16.4. The quantitative estimate of drug-likeness (QED) is 0.836. The number of carbonyl (C=O) groups is 1. The topological polar surface area (TPSA) is 74.7 Å². The van der Waals surface area contributed by atoms with Crippen LogP contribution in [0.3, 0.4) is 0 Å². The molecular weight excluding hydrogens is 354 g/mol. The molecule has 2 amide bonds. The van der Waals surface area contributed by atoms with Crippen LogP contribution in [0.4, 0.5) is 4.79 Å². The Kier molecular flexibility index (Phi) is 4.75. The van der Waals surface area contributed by atoms with Crippen molar-refractivity contribution in [1.82, 2.24) is 15.2 Å². The number of aliphatic hydroxyl groups is 1. The summed E-state index contributed by atoms with van der Waals surface area (Å²) in [5.74, 6) is 0.827. The molecule has 2 aliphatic heterocycles. The van der Waals surface area contributed by atoms with Gasteiger partial charge in [0.05, 0.1) is 11.6 Å². The van der Waals surface area contributed by atoms with Crippen molar-refractivity contribution >= 4 is 6.03 Å². The number of benzene rings is 1. The van der Waals surface area contributed by atoms with Crippen LogP contribution in [0.25, 0.3) is 0 Å². The molecule has 2 aliphatic rings. The molecule has 0 radical (unpaired) electrons. The van der Waals surface area contributed by atoms with Gasteiger partial charge in [-0.15, -0.1) is 0 Å². The number of pyridine rings is 1. The molecule has 6 nitrogen and oxygen atoms in total.